The highest BCUT2D eigenvalue weighted by Crippen LogP contribution is 2.41. The van der Waals surface area contributed by atoms with Crippen molar-refractivity contribution in [2.24, 2.45) is 0 Å². The lowest BCUT2D eigenvalue weighted by molar-refractivity contribution is -0.147. The minimum atomic E-state index is -2.02. The summed E-state index contributed by atoms with van der Waals surface area (Å²) in [5.74, 6) is 0.352. The Hall–Kier alpha value is -0.836. The molecule has 0 saturated carbocycles. The Balaban J connectivity index is 0.00000312. The molecule has 0 aromatic carbocycles. The van der Waals surface area contributed by atoms with E-state index in [0.717, 1.165) is 11.3 Å². The second-order valence-electron chi connectivity index (χ2n) is 8.16. The van der Waals surface area contributed by atoms with E-state index in [-0.39, 0.29) is 30.7 Å². The van der Waals surface area contributed by atoms with Gasteiger partial charge in [-0.25, -0.2) is 4.79 Å². The van der Waals surface area contributed by atoms with Gasteiger partial charge in [-0.1, -0.05) is 39.2 Å². The topological polar surface area (TPSA) is 58.6 Å². The maximum absolute atomic E-state index is 12.7. The Labute approximate surface area is 158 Å². The van der Waals surface area contributed by atoms with Crippen LogP contribution in [0.4, 0.5) is 0 Å². The summed E-state index contributed by atoms with van der Waals surface area (Å²) >= 11 is 1.71. The molecular formula is C17H32N2O3SSi2. The number of β-lactam (4-membered cyclic amide) rings is 1. The van der Waals surface area contributed by atoms with Gasteiger partial charge in [0.05, 0.1) is 0 Å². The van der Waals surface area contributed by atoms with Gasteiger partial charge < -0.3 is 9.41 Å². The van der Waals surface area contributed by atoms with Crippen LogP contribution in [0, 0.1) is 0 Å². The Morgan fingerprint density at radius 2 is 1.88 bits per heavy atom. The van der Waals surface area contributed by atoms with E-state index in [1.165, 1.54) is 0 Å². The zero-order chi connectivity index (χ0) is 18.3. The van der Waals surface area contributed by atoms with E-state index in [9.17, 15) is 9.59 Å². The molecule has 2 unspecified atom stereocenters. The van der Waals surface area contributed by atoms with Crippen LogP contribution < -0.4 is 4.98 Å². The van der Waals surface area contributed by atoms with E-state index in [4.69, 9.17) is 4.43 Å². The smallest absolute Gasteiger partial charge is 0.342 e. The van der Waals surface area contributed by atoms with E-state index in [0.29, 0.717) is 5.70 Å². The third kappa shape index (κ3) is 5.09. The van der Waals surface area contributed by atoms with Gasteiger partial charge >= 0.3 is 5.97 Å². The maximum Gasteiger partial charge on any atom is 0.342 e. The van der Waals surface area contributed by atoms with Crippen molar-refractivity contribution in [3.05, 3.63) is 23.4 Å². The number of carbonyl (C=O) groups excluding carboxylic acids is 2. The first-order valence-electron chi connectivity index (χ1n) is 8.26. The zero-order valence-corrected chi connectivity index (χ0v) is 18.4. The Morgan fingerprint density at radius 1 is 1.28 bits per heavy atom. The average molecular weight is 401 g/mol. The number of nitrogens with one attached hydrogen (secondary N) is 1. The minimum absolute atomic E-state index is 0. The fourth-order valence-corrected chi connectivity index (χ4v) is 6.06. The summed E-state index contributed by atoms with van der Waals surface area (Å²) in [6, 6.07) is -0.191. The molecule has 0 bridgehead atoms. The average Bonchev–Trinajstić information content (AvgIpc) is 2.41. The first kappa shape index (κ1) is 22.2. The molecule has 8 heteroatoms. The number of hydrogen-bond donors (Lipinski definition) is 1. The molecule has 2 aliphatic heterocycles. The number of nitrogens with zero attached hydrogens (tertiary/aromatic N) is 1. The molecule has 0 aromatic rings. The van der Waals surface area contributed by atoms with Gasteiger partial charge in [0, 0.05) is 5.75 Å². The first-order chi connectivity index (χ1) is 10.9. The number of hydrogen-bond acceptors (Lipinski definition) is 5. The molecule has 1 fully saturated rings. The molecule has 1 N–H and O–H groups in total. The van der Waals surface area contributed by atoms with Crippen molar-refractivity contribution >= 4 is 40.2 Å². The van der Waals surface area contributed by atoms with E-state index < -0.39 is 16.6 Å². The monoisotopic (exact) mass is 400 g/mol. The molecule has 0 aromatic heterocycles. The number of fused-ring (bicyclic) bond motifs is 1. The van der Waals surface area contributed by atoms with E-state index in [1.54, 1.807) is 16.7 Å². The second kappa shape index (κ2) is 7.81. The molecule has 1 saturated heterocycles. The Kier molecular flexibility index (Phi) is 6.94. The Bertz CT molecular complexity index is 606. The van der Waals surface area contributed by atoms with Gasteiger partial charge in [0.2, 0.25) is 14.2 Å². The summed E-state index contributed by atoms with van der Waals surface area (Å²) in [6.45, 7) is 14.4. The standard InChI is InChI=1S/C16H28N2O3SSi2.CH4/c1-8-9-11-10-22-15-12(17-23(2,3)4)14(19)18(15)13(11)16(20)21-24(5,6)7;/h8-9,12,15,17H,10H2,1-7H3;1H4/b9-8-;. The van der Waals surface area contributed by atoms with E-state index >= 15 is 0 Å². The van der Waals surface area contributed by atoms with Crippen LogP contribution in [0.15, 0.2) is 23.4 Å². The van der Waals surface area contributed by atoms with Gasteiger partial charge in [0.25, 0.3) is 0 Å². The molecule has 142 valence electrons. The highest BCUT2D eigenvalue weighted by atomic mass is 32.2. The van der Waals surface area contributed by atoms with Crippen molar-refractivity contribution in [2.45, 2.75) is 65.0 Å². The predicted octanol–water partition coefficient (Wildman–Crippen LogP) is 3.54. The van der Waals surface area contributed by atoms with Crippen LogP contribution >= 0.6 is 11.8 Å². The molecule has 0 aliphatic carbocycles. The van der Waals surface area contributed by atoms with Gasteiger partial charge in [-0.05, 0) is 32.1 Å². The SMILES string of the molecule is C.C/C=C\C1=C(C(=O)O[Si](C)(C)C)N2C(=O)C(N[Si](C)(C)C)C2SC1. The fraction of sp³-hybridized carbons (Fsp3) is 0.647. The van der Waals surface area contributed by atoms with Crippen molar-refractivity contribution in [3.8, 4) is 0 Å². The highest BCUT2D eigenvalue weighted by molar-refractivity contribution is 8.00. The summed E-state index contributed by atoms with van der Waals surface area (Å²) in [5.41, 5.74) is 1.32. The molecule has 2 rings (SSSR count). The molecule has 0 spiro atoms. The number of allylic oxidation sites excluding steroid dienone is 2. The van der Waals surface area contributed by atoms with Gasteiger partial charge in [0.15, 0.2) is 0 Å². The molecule has 0 radical (unpaired) electrons. The lowest BCUT2D eigenvalue weighted by Crippen LogP contribution is -2.73. The summed E-state index contributed by atoms with van der Waals surface area (Å²) in [7, 11) is -3.60. The van der Waals surface area contributed by atoms with Crippen molar-refractivity contribution in [1.82, 2.24) is 9.88 Å². The number of carbonyl (C=O) groups is 2. The summed E-state index contributed by atoms with van der Waals surface area (Å²) in [5, 5.41) is -0.0117. The van der Waals surface area contributed by atoms with Crippen molar-refractivity contribution in [1.29, 1.82) is 0 Å². The molecule has 2 heterocycles. The quantitative estimate of drug-likeness (QED) is 0.565. The van der Waals surface area contributed by atoms with Crippen LogP contribution in [0.1, 0.15) is 14.4 Å². The lowest BCUT2D eigenvalue weighted by Gasteiger charge is -2.51. The molecular weight excluding hydrogens is 368 g/mol. The second-order valence-corrected chi connectivity index (χ2v) is 18.5. The van der Waals surface area contributed by atoms with E-state index in [2.05, 4.69) is 24.6 Å². The fourth-order valence-electron chi connectivity index (χ4n) is 2.75. The van der Waals surface area contributed by atoms with Crippen LogP contribution in [-0.4, -0.2) is 50.5 Å². The van der Waals surface area contributed by atoms with Gasteiger partial charge in [-0.3, -0.25) is 9.69 Å². The lowest BCUT2D eigenvalue weighted by atomic mass is 10.0. The van der Waals surface area contributed by atoms with Crippen LogP contribution in [0.2, 0.25) is 39.3 Å². The maximum atomic E-state index is 12.7. The first-order valence-corrected chi connectivity index (χ1v) is 16.2. The Morgan fingerprint density at radius 3 is 2.36 bits per heavy atom. The number of thioether (sulfide) groups is 1. The van der Waals surface area contributed by atoms with E-state index in [1.807, 2.05) is 38.7 Å². The molecule has 5 nitrogen and oxygen atoms in total. The van der Waals surface area contributed by atoms with Crippen LogP contribution in [0.5, 0.6) is 0 Å². The summed E-state index contributed by atoms with van der Waals surface area (Å²) in [4.78, 5) is 30.6. The van der Waals surface area contributed by atoms with Gasteiger partial charge in [-0.2, -0.15) is 0 Å². The van der Waals surface area contributed by atoms with Crippen molar-refractivity contribution in [2.75, 3.05) is 5.75 Å². The van der Waals surface area contributed by atoms with Gasteiger partial charge in [-0.15, -0.1) is 11.8 Å². The van der Waals surface area contributed by atoms with Gasteiger partial charge in [0.1, 0.15) is 25.3 Å². The van der Waals surface area contributed by atoms with Crippen molar-refractivity contribution in [3.63, 3.8) is 0 Å². The number of amides is 1. The molecule has 2 aliphatic rings. The van der Waals surface area contributed by atoms with Crippen molar-refractivity contribution < 1.29 is 14.0 Å². The van der Waals surface area contributed by atoms with Crippen LogP contribution in [-0.2, 0) is 14.0 Å². The third-order valence-electron chi connectivity index (χ3n) is 3.55. The normalized spacial score (nSPS) is 24.0. The minimum Gasteiger partial charge on any atom is -0.515 e. The molecule has 2 atom stereocenters. The molecule has 1 amide bonds. The van der Waals surface area contributed by atoms with Crippen LogP contribution in [0.3, 0.4) is 0 Å². The molecule has 25 heavy (non-hydrogen) atoms. The largest absolute Gasteiger partial charge is 0.515 e. The van der Waals surface area contributed by atoms with Crippen LogP contribution in [0.25, 0.3) is 0 Å². The zero-order valence-electron chi connectivity index (χ0n) is 15.6. The predicted molar refractivity (Wildman–Crippen MR) is 111 cm³/mol. The number of rotatable bonds is 5. The third-order valence-corrected chi connectivity index (χ3v) is 6.82. The summed E-state index contributed by atoms with van der Waals surface area (Å²) in [6.07, 6.45) is 3.82. The highest BCUT2D eigenvalue weighted by Gasteiger charge is 2.54. The summed E-state index contributed by atoms with van der Waals surface area (Å²) < 4.78 is 5.68.